The quantitative estimate of drug-likeness (QED) is 0.830. The van der Waals surface area contributed by atoms with Gasteiger partial charge in [0.15, 0.2) is 6.61 Å². The van der Waals surface area contributed by atoms with E-state index in [1.54, 1.807) is 0 Å². The van der Waals surface area contributed by atoms with Crippen LogP contribution in [0.3, 0.4) is 0 Å². The van der Waals surface area contributed by atoms with Crippen LogP contribution in [0.1, 0.15) is 25.0 Å². The zero-order valence-corrected chi connectivity index (χ0v) is 14.9. The maximum absolute atomic E-state index is 12.0. The average Bonchev–Trinajstić information content (AvgIpc) is 2.58. The zero-order valence-electron chi connectivity index (χ0n) is 14.9. The van der Waals surface area contributed by atoms with Gasteiger partial charge in [0.25, 0.3) is 5.91 Å². The Morgan fingerprint density at radius 2 is 1.67 bits per heavy atom. The SMILES string of the molecule is CCN(CC)c1ccc(NC(=O)COc2ccc(C)c(C)c2)cc1. The number of aryl methyl sites for hydroxylation is 2. The van der Waals surface area contributed by atoms with Gasteiger partial charge in [-0.1, -0.05) is 6.07 Å². The highest BCUT2D eigenvalue weighted by Crippen LogP contribution is 2.18. The maximum atomic E-state index is 12.0. The Hall–Kier alpha value is -2.49. The first-order chi connectivity index (χ1) is 11.5. The van der Waals surface area contributed by atoms with Crippen molar-refractivity contribution in [2.75, 3.05) is 29.9 Å². The summed E-state index contributed by atoms with van der Waals surface area (Å²) in [5, 5.41) is 2.86. The summed E-state index contributed by atoms with van der Waals surface area (Å²) < 4.78 is 5.55. The largest absolute Gasteiger partial charge is 0.484 e. The standard InChI is InChI=1S/C20H26N2O2/c1-5-22(6-2)18-10-8-17(9-11-18)21-20(23)14-24-19-12-7-15(3)16(4)13-19/h7-13H,5-6,14H2,1-4H3,(H,21,23). The summed E-state index contributed by atoms with van der Waals surface area (Å²) in [6.07, 6.45) is 0. The van der Waals surface area contributed by atoms with Crippen LogP contribution < -0.4 is 15.0 Å². The fourth-order valence-electron chi connectivity index (χ4n) is 2.49. The molecular formula is C20H26N2O2. The monoisotopic (exact) mass is 326 g/mol. The number of anilines is 2. The van der Waals surface area contributed by atoms with E-state index in [0.29, 0.717) is 5.75 Å². The highest BCUT2D eigenvalue weighted by Gasteiger charge is 2.06. The van der Waals surface area contributed by atoms with E-state index in [-0.39, 0.29) is 12.5 Å². The van der Waals surface area contributed by atoms with Crippen LogP contribution in [0, 0.1) is 13.8 Å². The van der Waals surface area contributed by atoms with Crippen molar-refractivity contribution in [2.45, 2.75) is 27.7 Å². The van der Waals surface area contributed by atoms with E-state index in [4.69, 9.17) is 4.74 Å². The molecule has 0 unspecified atom stereocenters. The van der Waals surface area contributed by atoms with E-state index in [2.05, 4.69) is 24.1 Å². The number of carbonyl (C=O) groups is 1. The summed E-state index contributed by atoms with van der Waals surface area (Å²) >= 11 is 0. The lowest BCUT2D eigenvalue weighted by Gasteiger charge is -2.21. The molecular weight excluding hydrogens is 300 g/mol. The highest BCUT2D eigenvalue weighted by atomic mass is 16.5. The molecule has 2 rings (SSSR count). The van der Waals surface area contributed by atoms with Gasteiger partial charge in [0.2, 0.25) is 0 Å². The van der Waals surface area contributed by atoms with Crippen LogP contribution in [-0.2, 0) is 4.79 Å². The number of ether oxygens (including phenoxy) is 1. The summed E-state index contributed by atoms with van der Waals surface area (Å²) in [6.45, 7) is 10.3. The van der Waals surface area contributed by atoms with Crippen LogP contribution in [0.4, 0.5) is 11.4 Å². The van der Waals surface area contributed by atoms with Gasteiger partial charge in [-0.2, -0.15) is 0 Å². The smallest absolute Gasteiger partial charge is 0.262 e. The number of nitrogens with one attached hydrogen (secondary N) is 1. The van der Waals surface area contributed by atoms with E-state index in [1.165, 1.54) is 5.56 Å². The molecule has 4 nitrogen and oxygen atoms in total. The van der Waals surface area contributed by atoms with Gasteiger partial charge in [0.1, 0.15) is 5.75 Å². The lowest BCUT2D eigenvalue weighted by atomic mass is 10.1. The molecule has 2 aromatic carbocycles. The molecule has 0 bridgehead atoms. The summed E-state index contributed by atoms with van der Waals surface area (Å²) in [5.41, 5.74) is 4.30. The van der Waals surface area contributed by atoms with E-state index in [9.17, 15) is 4.79 Å². The summed E-state index contributed by atoms with van der Waals surface area (Å²) in [4.78, 5) is 14.3. The Kier molecular flexibility index (Phi) is 6.24. The van der Waals surface area contributed by atoms with Crippen molar-refractivity contribution < 1.29 is 9.53 Å². The van der Waals surface area contributed by atoms with Gasteiger partial charge in [0.05, 0.1) is 0 Å². The number of hydrogen-bond acceptors (Lipinski definition) is 3. The predicted molar refractivity (Wildman–Crippen MR) is 100 cm³/mol. The van der Waals surface area contributed by atoms with Crippen molar-refractivity contribution >= 4 is 17.3 Å². The second-order valence-corrected chi connectivity index (χ2v) is 5.80. The zero-order chi connectivity index (χ0) is 17.5. The molecule has 0 saturated heterocycles. The van der Waals surface area contributed by atoms with Gasteiger partial charge in [-0.15, -0.1) is 0 Å². The predicted octanol–water partition coefficient (Wildman–Crippen LogP) is 4.17. The van der Waals surface area contributed by atoms with Gasteiger partial charge in [0, 0.05) is 24.5 Å². The summed E-state index contributed by atoms with van der Waals surface area (Å²) in [7, 11) is 0. The molecule has 0 atom stereocenters. The van der Waals surface area contributed by atoms with Crippen LogP contribution >= 0.6 is 0 Å². The minimum absolute atomic E-state index is 0.000295. The van der Waals surface area contributed by atoms with Gasteiger partial charge in [-0.3, -0.25) is 4.79 Å². The highest BCUT2D eigenvalue weighted by molar-refractivity contribution is 5.92. The van der Waals surface area contributed by atoms with Crippen LogP contribution in [0.5, 0.6) is 5.75 Å². The molecule has 4 heteroatoms. The van der Waals surface area contributed by atoms with Crippen molar-refractivity contribution in [3.63, 3.8) is 0 Å². The first kappa shape index (κ1) is 17.9. The fraction of sp³-hybridized carbons (Fsp3) is 0.350. The number of amides is 1. The van der Waals surface area contributed by atoms with Crippen LogP contribution in [0.15, 0.2) is 42.5 Å². The molecule has 0 aliphatic carbocycles. The van der Waals surface area contributed by atoms with E-state index in [1.807, 2.05) is 56.3 Å². The second kappa shape index (κ2) is 8.39. The van der Waals surface area contributed by atoms with Gasteiger partial charge in [-0.05, 0) is 75.2 Å². The van der Waals surface area contributed by atoms with Crippen molar-refractivity contribution in [3.05, 3.63) is 53.6 Å². The van der Waals surface area contributed by atoms with Crippen LogP contribution in [-0.4, -0.2) is 25.6 Å². The van der Waals surface area contributed by atoms with Crippen molar-refractivity contribution in [1.82, 2.24) is 0 Å². The number of hydrogen-bond donors (Lipinski definition) is 1. The van der Waals surface area contributed by atoms with E-state index >= 15 is 0 Å². The molecule has 0 aromatic heterocycles. The first-order valence-corrected chi connectivity index (χ1v) is 8.38. The number of benzene rings is 2. The Morgan fingerprint density at radius 3 is 2.25 bits per heavy atom. The van der Waals surface area contributed by atoms with Crippen LogP contribution in [0.2, 0.25) is 0 Å². The molecule has 0 fully saturated rings. The maximum Gasteiger partial charge on any atom is 0.262 e. The molecule has 0 aliphatic heterocycles. The Morgan fingerprint density at radius 1 is 1.00 bits per heavy atom. The van der Waals surface area contributed by atoms with Gasteiger partial charge >= 0.3 is 0 Å². The van der Waals surface area contributed by atoms with Gasteiger partial charge < -0.3 is 15.0 Å². The topological polar surface area (TPSA) is 41.6 Å². The molecule has 0 aliphatic rings. The Labute approximate surface area is 144 Å². The van der Waals surface area contributed by atoms with Crippen molar-refractivity contribution in [2.24, 2.45) is 0 Å². The fourth-order valence-corrected chi connectivity index (χ4v) is 2.49. The molecule has 1 amide bonds. The minimum Gasteiger partial charge on any atom is -0.484 e. The molecule has 2 aromatic rings. The third-order valence-corrected chi connectivity index (χ3v) is 4.13. The normalized spacial score (nSPS) is 10.3. The van der Waals surface area contributed by atoms with Gasteiger partial charge in [-0.25, -0.2) is 0 Å². The summed E-state index contributed by atoms with van der Waals surface area (Å²) in [6, 6.07) is 13.7. The summed E-state index contributed by atoms with van der Waals surface area (Å²) in [5.74, 6) is 0.550. The Balaban J connectivity index is 1.88. The van der Waals surface area contributed by atoms with Crippen molar-refractivity contribution in [3.8, 4) is 5.75 Å². The molecule has 0 radical (unpaired) electrons. The molecule has 128 valence electrons. The molecule has 1 N–H and O–H groups in total. The lowest BCUT2D eigenvalue weighted by Crippen LogP contribution is -2.22. The Bertz CT molecular complexity index is 677. The molecule has 0 heterocycles. The third-order valence-electron chi connectivity index (χ3n) is 4.13. The van der Waals surface area contributed by atoms with E-state index < -0.39 is 0 Å². The minimum atomic E-state index is -0.163. The van der Waals surface area contributed by atoms with Crippen molar-refractivity contribution in [1.29, 1.82) is 0 Å². The average molecular weight is 326 g/mol. The lowest BCUT2D eigenvalue weighted by molar-refractivity contribution is -0.118. The molecule has 0 spiro atoms. The molecule has 0 saturated carbocycles. The molecule has 24 heavy (non-hydrogen) atoms. The first-order valence-electron chi connectivity index (χ1n) is 8.38. The number of rotatable bonds is 7. The second-order valence-electron chi connectivity index (χ2n) is 5.80. The van der Waals surface area contributed by atoms with E-state index in [0.717, 1.165) is 30.0 Å². The number of nitrogens with zero attached hydrogens (tertiary/aromatic N) is 1. The third kappa shape index (κ3) is 4.75. The van der Waals surface area contributed by atoms with Crippen LogP contribution in [0.25, 0.3) is 0 Å². The number of carbonyl (C=O) groups excluding carboxylic acids is 1.